The molecule has 0 radical (unpaired) electrons. The van der Waals surface area contributed by atoms with Gasteiger partial charge in [-0.3, -0.25) is 0 Å². The quantitative estimate of drug-likeness (QED) is 0.226. The highest BCUT2D eigenvalue weighted by Gasteiger charge is 2.18. The fourth-order valence-corrected chi connectivity index (χ4v) is 5.36. The third-order valence-corrected chi connectivity index (χ3v) is 8.29. The summed E-state index contributed by atoms with van der Waals surface area (Å²) >= 11 is 0. The summed E-state index contributed by atoms with van der Waals surface area (Å²) in [6, 6.07) is 25.2. The van der Waals surface area contributed by atoms with Crippen molar-refractivity contribution in [3.63, 3.8) is 0 Å². The number of hydrogen-bond acceptors (Lipinski definition) is 5. The van der Waals surface area contributed by atoms with Crippen LogP contribution >= 0.6 is 0 Å². The van der Waals surface area contributed by atoms with Gasteiger partial charge < -0.3 is 15.5 Å². The molecule has 0 unspecified atom stereocenters. The standard InChI is InChI=1S/C37H43N5/c1-25-20-23-42(24-21-25)28(4)30-13-17-32(18-14-30)40-36-38-22-19-35(41-36)33-9-8-10-34(26(33)2)39-27(3)29-11-15-31(16-12-29)37(5,6)7/h8-19,22,25,39H,3-4,20-21,23-24H2,1-2,5-7H3,(H,38,40,41). The second kappa shape index (κ2) is 12.2. The van der Waals surface area contributed by atoms with E-state index in [9.17, 15) is 0 Å². The monoisotopic (exact) mass is 557 g/mol. The molecule has 5 nitrogen and oxygen atoms in total. The molecule has 42 heavy (non-hydrogen) atoms. The summed E-state index contributed by atoms with van der Waals surface area (Å²) in [5.41, 5.74) is 10.6. The highest BCUT2D eigenvalue weighted by molar-refractivity contribution is 5.81. The second-order valence-electron chi connectivity index (χ2n) is 12.5. The van der Waals surface area contributed by atoms with E-state index in [0.29, 0.717) is 5.95 Å². The molecule has 1 saturated heterocycles. The van der Waals surface area contributed by atoms with Crippen molar-refractivity contribution in [2.24, 2.45) is 5.92 Å². The van der Waals surface area contributed by atoms with E-state index in [2.05, 4.69) is 129 Å². The molecule has 1 aliphatic heterocycles. The van der Waals surface area contributed by atoms with E-state index >= 15 is 0 Å². The van der Waals surface area contributed by atoms with E-state index in [4.69, 9.17) is 4.98 Å². The normalized spacial score (nSPS) is 14.0. The van der Waals surface area contributed by atoms with Crippen LogP contribution in [0.5, 0.6) is 0 Å². The summed E-state index contributed by atoms with van der Waals surface area (Å²) in [5, 5.41) is 6.90. The second-order valence-corrected chi connectivity index (χ2v) is 12.5. The van der Waals surface area contributed by atoms with Crippen molar-refractivity contribution >= 4 is 28.7 Å². The van der Waals surface area contributed by atoms with E-state index < -0.39 is 0 Å². The minimum Gasteiger partial charge on any atom is -0.372 e. The molecular formula is C37H43N5. The molecule has 3 aromatic carbocycles. The van der Waals surface area contributed by atoms with Crippen LogP contribution in [-0.4, -0.2) is 28.0 Å². The molecule has 0 saturated carbocycles. The SMILES string of the molecule is C=C(Nc1cccc(-c2ccnc(Nc3ccc(C(=C)N4CCC(C)CC4)cc3)n2)c1C)c1ccc(C(C)(C)C)cc1. The highest BCUT2D eigenvalue weighted by Crippen LogP contribution is 2.31. The Kier molecular flexibility index (Phi) is 8.49. The van der Waals surface area contributed by atoms with Crippen LogP contribution in [0, 0.1) is 12.8 Å². The van der Waals surface area contributed by atoms with Gasteiger partial charge in [0.15, 0.2) is 0 Å². The lowest BCUT2D eigenvalue weighted by Crippen LogP contribution is -2.31. The molecule has 5 rings (SSSR count). The Morgan fingerprint density at radius 2 is 1.55 bits per heavy atom. The van der Waals surface area contributed by atoms with Crippen molar-refractivity contribution in [2.45, 2.75) is 52.9 Å². The summed E-state index contributed by atoms with van der Waals surface area (Å²) in [6.45, 7) is 21.9. The van der Waals surface area contributed by atoms with Crippen LogP contribution in [0.15, 0.2) is 92.2 Å². The lowest BCUT2D eigenvalue weighted by atomic mass is 9.86. The average molecular weight is 558 g/mol. The van der Waals surface area contributed by atoms with Crippen LogP contribution in [0.2, 0.25) is 0 Å². The van der Waals surface area contributed by atoms with Crippen LogP contribution in [0.25, 0.3) is 22.7 Å². The first kappa shape index (κ1) is 29.1. The molecule has 4 aromatic rings. The molecule has 1 aliphatic rings. The first-order valence-electron chi connectivity index (χ1n) is 14.9. The lowest BCUT2D eigenvalue weighted by Gasteiger charge is -2.33. The zero-order valence-electron chi connectivity index (χ0n) is 25.7. The Morgan fingerprint density at radius 1 is 0.881 bits per heavy atom. The van der Waals surface area contributed by atoms with Crippen LogP contribution in [-0.2, 0) is 5.41 Å². The van der Waals surface area contributed by atoms with Gasteiger partial charge in [0.2, 0.25) is 5.95 Å². The van der Waals surface area contributed by atoms with Gasteiger partial charge in [0, 0.05) is 47.6 Å². The first-order valence-corrected chi connectivity index (χ1v) is 14.9. The number of likely N-dealkylation sites (tertiary alicyclic amines) is 1. The number of nitrogens with zero attached hydrogens (tertiary/aromatic N) is 3. The van der Waals surface area contributed by atoms with Crippen LogP contribution in [0.3, 0.4) is 0 Å². The Balaban J connectivity index is 1.28. The predicted octanol–water partition coefficient (Wildman–Crippen LogP) is 9.28. The van der Waals surface area contributed by atoms with Gasteiger partial charge in [0.05, 0.1) is 5.69 Å². The summed E-state index contributed by atoms with van der Waals surface area (Å²) < 4.78 is 0. The van der Waals surface area contributed by atoms with Gasteiger partial charge in [0.1, 0.15) is 0 Å². The Labute approximate surface area is 251 Å². The molecule has 5 heteroatoms. The Morgan fingerprint density at radius 3 is 2.21 bits per heavy atom. The molecule has 0 bridgehead atoms. The smallest absolute Gasteiger partial charge is 0.227 e. The van der Waals surface area contributed by atoms with Gasteiger partial charge >= 0.3 is 0 Å². The van der Waals surface area contributed by atoms with Crippen molar-refractivity contribution in [1.29, 1.82) is 0 Å². The average Bonchev–Trinajstić information content (AvgIpc) is 2.98. The Bertz CT molecular complexity index is 1550. The number of benzene rings is 3. The van der Waals surface area contributed by atoms with Crippen LogP contribution in [0.4, 0.5) is 17.3 Å². The molecule has 216 valence electrons. The number of anilines is 3. The molecule has 0 amide bonds. The van der Waals surface area contributed by atoms with Gasteiger partial charge in [0.25, 0.3) is 0 Å². The van der Waals surface area contributed by atoms with E-state index in [1.807, 2.05) is 12.1 Å². The maximum Gasteiger partial charge on any atom is 0.227 e. The van der Waals surface area contributed by atoms with Gasteiger partial charge in [-0.25, -0.2) is 9.97 Å². The number of rotatable bonds is 8. The van der Waals surface area contributed by atoms with Crippen molar-refractivity contribution in [3.8, 4) is 11.3 Å². The van der Waals surface area contributed by atoms with Crippen LogP contribution in [0.1, 0.15) is 62.8 Å². The number of hydrogen-bond donors (Lipinski definition) is 2. The number of piperidine rings is 1. The zero-order valence-corrected chi connectivity index (χ0v) is 25.7. The summed E-state index contributed by atoms with van der Waals surface area (Å²) in [6.07, 6.45) is 4.25. The van der Waals surface area contributed by atoms with E-state index in [0.717, 1.165) is 69.7 Å². The van der Waals surface area contributed by atoms with Crippen molar-refractivity contribution < 1.29 is 0 Å². The maximum atomic E-state index is 4.85. The lowest BCUT2D eigenvalue weighted by molar-refractivity contribution is 0.268. The number of aromatic nitrogens is 2. The van der Waals surface area contributed by atoms with Crippen molar-refractivity contribution in [2.75, 3.05) is 23.7 Å². The van der Waals surface area contributed by atoms with E-state index in [-0.39, 0.29) is 5.41 Å². The molecule has 0 spiro atoms. The summed E-state index contributed by atoms with van der Waals surface area (Å²) in [7, 11) is 0. The largest absolute Gasteiger partial charge is 0.372 e. The first-order chi connectivity index (χ1) is 20.1. The Hall–Kier alpha value is -4.38. The molecule has 0 aliphatic carbocycles. The molecule has 2 N–H and O–H groups in total. The van der Waals surface area contributed by atoms with Gasteiger partial charge in [-0.2, -0.15) is 0 Å². The molecule has 2 heterocycles. The predicted molar refractivity (Wildman–Crippen MR) is 179 cm³/mol. The van der Waals surface area contributed by atoms with Crippen LogP contribution < -0.4 is 10.6 Å². The fraction of sp³-hybridized carbons (Fsp3) is 0.297. The van der Waals surface area contributed by atoms with Crippen molar-refractivity contribution in [1.82, 2.24) is 14.9 Å². The zero-order chi connectivity index (χ0) is 29.9. The third kappa shape index (κ3) is 6.73. The summed E-state index contributed by atoms with van der Waals surface area (Å²) in [5.74, 6) is 1.36. The third-order valence-electron chi connectivity index (χ3n) is 8.29. The minimum absolute atomic E-state index is 0.119. The molecule has 0 atom stereocenters. The molecular weight excluding hydrogens is 514 g/mol. The van der Waals surface area contributed by atoms with E-state index in [1.165, 1.54) is 18.4 Å². The van der Waals surface area contributed by atoms with Crippen molar-refractivity contribution in [3.05, 3.63) is 114 Å². The van der Waals surface area contributed by atoms with Gasteiger partial charge in [-0.15, -0.1) is 0 Å². The highest BCUT2D eigenvalue weighted by atomic mass is 15.1. The fourth-order valence-electron chi connectivity index (χ4n) is 5.36. The van der Waals surface area contributed by atoms with E-state index in [1.54, 1.807) is 6.20 Å². The minimum atomic E-state index is 0.119. The molecule has 1 fully saturated rings. The van der Waals surface area contributed by atoms with Gasteiger partial charge in [-0.1, -0.05) is 89.4 Å². The maximum absolute atomic E-state index is 4.85. The summed E-state index contributed by atoms with van der Waals surface area (Å²) in [4.78, 5) is 11.7. The molecule has 1 aromatic heterocycles. The number of nitrogens with one attached hydrogen (secondary N) is 2. The van der Waals surface area contributed by atoms with Gasteiger partial charge in [-0.05, 0) is 77.6 Å². The topological polar surface area (TPSA) is 53.1 Å².